The molecule has 7 heteroatoms. The van der Waals surface area contributed by atoms with Crippen LogP contribution in [0.25, 0.3) is 0 Å². The van der Waals surface area contributed by atoms with Crippen LogP contribution in [0.15, 0.2) is 42.5 Å². The van der Waals surface area contributed by atoms with Crippen molar-refractivity contribution in [2.45, 2.75) is 26.2 Å². The fourth-order valence-electron chi connectivity index (χ4n) is 2.73. The van der Waals surface area contributed by atoms with E-state index in [0.29, 0.717) is 18.1 Å². The van der Waals surface area contributed by atoms with E-state index < -0.39 is 6.03 Å². The molecular formula is C19H21ClN4O2. The van der Waals surface area contributed by atoms with Crippen molar-refractivity contribution in [1.29, 1.82) is 0 Å². The number of amides is 3. The standard InChI is InChI=1S/C19H21ClN4O2/c20-17-5-2-13(3-6-17)8-23-19(26)24-12-18(25)22-9-14-1-4-15-10-21-11-16(15)7-14/h1-7,21H,8-12H2,(H,22,25)(H2,23,24,26). The zero-order valence-corrected chi connectivity index (χ0v) is 15.0. The monoisotopic (exact) mass is 372 g/mol. The number of hydrogen-bond donors (Lipinski definition) is 4. The van der Waals surface area contributed by atoms with E-state index in [0.717, 1.165) is 24.2 Å². The van der Waals surface area contributed by atoms with Crippen molar-refractivity contribution in [2.24, 2.45) is 0 Å². The zero-order chi connectivity index (χ0) is 18.4. The number of carbonyl (C=O) groups is 2. The minimum absolute atomic E-state index is 0.0705. The number of carbonyl (C=O) groups excluding carboxylic acids is 2. The van der Waals surface area contributed by atoms with Gasteiger partial charge in [0.1, 0.15) is 0 Å². The molecule has 1 aliphatic rings. The molecule has 4 N–H and O–H groups in total. The van der Waals surface area contributed by atoms with Gasteiger partial charge >= 0.3 is 6.03 Å². The quantitative estimate of drug-likeness (QED) is 0.626. The predicted octanol–water partition coefficient (Wildman–Crippen LogP) is 2.06. The van der Waals surface area contributed by atoms with Crippen LogP contribution in [0, 0.1) is 0 Å². The Kier molecular flexibility index (Phi) is 6.09. The first kappa shape index (κ1) is 18.2. The molecule has 0 atom stereocenters. The van der Waals surface area contributed by atoms with Gasteiger partial charge in [-0.2, -0.15) is 0 Å². The molecule has 1 heterocycles. The smallest absolute Gasteiger partial charge is 0.315 e. The fraction of sp³-hybridized carbons (Fsp3) is 0.263. The predicted molar refractivity (Wildman–Crippen MR) is 101 cm³/mol. The molecular weight excluding hydrogens is 352 g/mol. The molecule has 0 saturated heterocycles. The van der Waals surface area contributed by atoms with Crippen LogP contribution in [0.5, 0.6) is 0 Å². The SMILES string of the molecule is O=C(CNC(=O)NCc1ccc(Cl)cc1)NCc1ccc2c(c1)CNC2. The summed E-state index contributed by atoms with van der Waals surface area (Å²) < 4.78 is 0. The van der Waals surface area contributed by atoms with Crippen molar-refractivity contribution in [3.05, 3.63) is 69.7 Å². The van der Waals surface area contributed by atoms with Gasteiger partial charge in [0.25, 0.3) is 0 Å². The summed E-state index contributed by atoms with van der Waals surface area (Å²) in [6, 6.07) is 13.0. The number of urea groups is 1. The Balaban J connectivity index is 1.35. The average molecular weight is 373 g/mol. The first-order chi connectivity index (χ1) is 12.6. The van der Waals surface area contributed by atoms with E-state index in [9.17, 15) is 9.59 Å². The van der Waals surface area contributed by atoms with Crippen molar-refractivity contribution < 1.29 is 9.59 Å². The second-order valence-electron chi connectivity index (χ2n) is 6.15. The lowest BCUT2D eigenvalue weighted by Gasteiger charge is -2.09. The van der Waals surface area contributed by atoms with Crippen LogP contribution in [-0.4, -0.2) is 18.5 Å². The van der Waals surface area contributed by atoms with E-state index in [1.165, 1.54) is 11.1 Å². The summed E-state index contributed by atoms with van der Waals surface area (Å²) in [7, 11) is 0. The highest BCUT2D eigenvalue weighted by atomic mass is 35.5. The third kappa shape index (κ3) is 5.21. The number of nitrogens with one attached hydrogen (secondary N) is 4. The van der Waals surface area contributed by atoms with E-state index >= 15 is 0 Å². The summed E-state index contributed by atoms with van der Waals surface area (Å²) in [5.41, 5.74) is 4.56. The number of fused-ring (bicyclic) bond motifs is 1. The summed E-state index contributed by atoms with van der Waals surface area (Å²) in [4.78, 5) is 23.6. The molecule has 2 aromatic rings. The number of benzene rings is 2. The molecule has 0 aromatic heterocycles. The summed E-state index contributed by atoms with van der Waals surface area (Å²) in [6.45, 7) is 2.51. The second-order valence-corrected chi connectivity index (χ2v) is 6.58. The lowest BCUT2D eigenvalue weighted by molar-refractivity contribution is -0.120. The van der Waals surface area contributed by atoms with Gasteiger partial charge in [-0.05, 0) is 34.4 Å². The second kappa shape index (κ2) is 8.69. The van der Waals surface area contributed by atoms with Crippen molar-refractivity contribution in [2.75, 3.05) is 6.54 Å². The highest BCUT2D eigenvalue weighted by molar-refractivity contribution is 6.30. The van der Waals surface area contributed by atoms with Gasteiger partial charge in [-0.3, -0.25) is 4.79 Å². The van der Waals surface area contributed by atoms with Crippen molar-refractivity contribution in [3.63, 3.8) is 0 Å². The largest absolute Gasteiger partial charge is 0.350 e. The molecule has 26 heavy (non-hydrogen) atoms. The van der Waals surface area contributed by atoms with E-state index in [2.05, 4.69) is 33.4 Å². The molecule has 0 spiro atoms. The van der Waals surface area contributed by atoms with Gasteiger partial charge in [0.05, 0.1) is 6.54 Å². The van der Waals surface area contributed by atoms with E-state index in [4.69, 9.17) is 11.6 Å². The summed E-state index contributed by atoms with van der Waals surface area (Å²) >= 11 is 5.81. The Hall–Kier alpha value is -2.57. The Morgan fingerprint density at radius 2 is 1.58 bits per heavy atom. The maximum Gasteiger partial charge on any atom is 0.315 e. The first-order valence-corrected chi connectivity index (χ1v) is 8.82. The molecule has 0 radical (unpaired) electrons. The fourth-order valence-corrected chi connectivity index (χ4v) is 2.85. The summed E-state index contributed by atoms with van der Waals surface area (Å²) in [6.07, 6.45) is 0. The lowest BCUT2D eigenvalue weighted by Crippen LogP contribution is -2.41. The van der Waals surface area contributed by atoms with Gasteiger partial charge in [-0.25, -0.2) is 4.79 Å². The lowest BCUT2D eigenvalue weighted by atomic mass is 10.1. The zero-order valence-electron chi connectivity index (χ0n) is 14.3. The maximum atomic E-state index is 11.9. The molecule has 0 unspecified atom stereocenters. The highest BCUT2D eigenvalue weighted by Gasteiger charge is 2.10. The number of rotatable bonds is 6. The number of hydrogen-bond acceptors (Lipinski definition) is 3. The van der Waals surface area contributed by atoms with Crippen molar-refractivity contribution in [3.8, 4) is 0 Å². The highest BCUT2D eigenvalue weighted by Crippen LogP contribution is 2.16. The molecule has 6 nitrogen and oxygen atoms in total. The van der Waals surface area contributed by atoms with Crippen molar-refractivity contribution in [1.82, 2.24) is 21.3 Å². The van der Waals surface area contributed by atoms with E-state index in [-0.39, 0.29) is 12.5 Å². The maximum absolute atomic E-state index is 11.9. The molecule has 0 aliphatic carbocycles. The molecule has 1 aliphatic heterocycles. The van der Waals surface area contributed by atoms with Crippen LogP contribution in [0.1, 0.15) is 22.3 Å². The molecule has 136 valence electrons. The van der Waals surface area contributed by atoms with Crippen LogP contribution in [-0.2, 0) is 31.0 Å². The molecule has 3 amide bonds. The Labute approximate surface area is 157 Å². The third-order valence-corrected chi connectivity index (χ3v) is 4.42. The van der Waals surface area contributed by atoms with Gasteiger partial charge in [-0.15, -0.1) is 0 Å². The Morgan fingerprint density at radius 1 is 0.885 bits per heavy atom. The van der Waals surface area contributed by atoms with Crippen LogP contribution >= 0.6 is 11.6 Å². The minimum atomic E-state index is -0.390. The molecule has 0 saturated carbocycles. The Morgan fingerprint density at radius 3 is 2.38 bits per heavy atom. The van der Waals surface area contributed by atoms with Crippen LogP contribution < -0.4 is 21.3 Å². The summed E-state index contributed by atoms with van der Waals surface area (Å²) in [5, 5.41) is 12.0. The van der Waals surface area contributed by atoms with Gasteiger partial charge < -0.3 is 21.3 Å². The van der Waals surface area contributed by atoms with E-state index in [1.54, 1.807) is 12.1 Å². The van der Waals surface area contributed by atoms with Gasteiger partial charge in [0.2, 0.25) is 5.91 Å². The van der Waals surface area contributed by atoms with Crippen LogP contribution in [0.2, 0.25) is 5.02 Å². The van der Waals surface area contributed by atoms with Gasteiger partial charge in [0, 0.05) is 31.2 Å². The van der Waals surface area contributed by atoms with E-state index in [1.807, 2.05) is 18.2 Å². The van der Waals surface area contributed by atoms with Gasteiger partial charge in [0.15, 0.2) is 0 Å². The molecule has 2 aromatic carbocycles. The van der Waals surface area contributed by atoms with Crippen LogP contribution in [0.3, 0.4) is 0 Å². The topological polar surface area (TPSA) is 82.3 Å². The van der Waals surface area contributed by atoms with Crippen LogP contribution in [0.4, 0.5) is 4.79 Å². The Bertz CT molecular complexity index is 793. The third-order valence-electron chi connectivity index (χ3n) is 4.17. The normalized spacial score (nSPS) is 12.3. The first-order valence-electron chi connectivity index (χ1n) is 8.44. The van der Waals surface area contributed by atoms with Crippen molar-refractivity contribution >= 4 is 23.5 Å². The average Bonchev–Trinajstić information content (AvgIpc) is 3.12. The molecule has 3 rings (SSSR count). The molecule has 0 bridgehead atoms. The number of halogens is 1. The minimum Gasteiger partial charge on any atom is -0.350 e. The van der Waals surface area contributed by atoms with Gasteiger partial charge in [-0.1, -0.05) is 41.9 Å². The summed E-state index contributed by atoms with van der Waals surface area (Å²) in [5.74, 6) is -0.231. The molecule has 0 fully saturated rings.